The van der Waals surface area contributed by atoms with Crippen LogP contribution in [0.1, 0.15) is 11.5 Å². The van der Waals surface area contributed by atoms with E-state index in [0.29, 0.717) is 11.3 Å². The van der Waals surface area contributed by atoms with Crippen LogP contribution in [0, 0.1) is 0 Å². The summed E-state index contributed by atoms with van der Waals surface area (Å²) in [5, 5.41) is 5.98. The fraction of sp³-hybridized carbons (Fsp3) is 0.158. The predicted octanol–water partition coefficient (Wildman–Crippen LogP) is 3.36. The first-order valence-corrected chi connectivity index (χ1v) is 8.42. The van der Waals surface area contributed by atoms with Crippen molar-refractivity contribution < 1.29 is 27.2 Å². The highest BCUT2D eigenvalue weighted by Gasteiger charge is 2.38. The van der Waals surface area contributed by atoms with E-state index in [-0.39, 0.29) is 24.9 Å². The second-order valence-corrected chi connectivity index (χ2v) is 5.70. The number of rotatable bonds is 7. The van der Waals surface area contributed by atoms with Crippen molar-refractivity contribution >= 4 is 12.0 Å². The topological polar surface area (TPSA) is 90.1 Å². The van der Waals surface area contributed by atoms with Crippen LogP contribution in [0.5, 0.6) is 5.75 Å². The lowest BCUT2D eigenvalue weighted by Gasteiger charge is -2.07. The second kappa shape index (κ2) is 9.00. The molecule has 0 fully saturated rings. The number of aromatic nitrogens is 3. The number of ether oxygens (including phenoxy) is 1. The lowest BCUT2D eigenvalue weighted by molar-refractivity contribution is -0.159. The molecule has 0 aliphatic rings. The minimum atomic E-state index is -4.69. The Balaban J connectivity index is 1.44. The number of benzene rings is 1. The van der Waals surface area contributed by atoms with E-state index in [4.69, 9.17) is 4.74 Å². The van der Waals surface area contributed by atoms with Gasteiger partial charge in [0.05, 0.1) is 6.54 Å². The highest BCUT2D eigenvalue weighted by atomic mass is 19.4. The molecule has 1 amide bonds. The highest BCUT2D eigenvalue weighted by molar-refractivity contribution is 5.91. The maximum Gasteiger partial charge on any atom is 0.471 e. The molecular formula is C19H15F3N4O3. The number of amides is 1. The van der Waals surface area contributed by atoms with Crippen LogP contribution in [0.25, 0.3) is 17.5 Å². The fourth-order valence-corrected chi connectivity index (χ4v) is 2.20. The van der Waals surface area contributed by atoms with Crippen LogP contribution in [0.2, 0.25) is 0 Å². The Kier molecular flexibility index (Phi) is 6.22. The largest absolute Gasteiger partial charge is 0.492 e. The second-order valence-electron chi connectivity index (χ2n) is 5.70. The molecule has 10 heteroatoms. The van der Waals surface area contributed by atoms with Crippen LogP contribution in [0.4, 0.5) is 13.2 Å². The van der Waals surface area contributed by atoms with E-state index in [1.54, 1.807) is 36.7 Å². The zero-order valence-electron chi connectivity index (χ0n) is 14.9. The van der Waals surface area contributed by atoms with Crippen molar-refractivity contribution in [3.05, 3.63) is 66.3 Å². The molecule has 1 N–H and O–H groups in total. The van der Waals surface area contributed by atoms with Gasteiger partial charge in [0.1, 0.15) is 12.4 Å². The molecule has 0 radical (unpaired) electrons. The molecule has 2 heterocycles. The van der Waals surface area contributed by atoms with Gasteiger partial charge in [-0.3, -0.25) is 9.78 Å². The summed E-state index contributed by atoms with van der Waals surface area (Å²) in [6.45, 7) is 0.490. The van der Waals surface area contributed by atoms with Gasteiger partial charge in [0.15, 0.2) is 0 Å². The number of alkyl halides is 3. The van der Waals surface area contributed by atoms with Gasteiger partial charge in [-0.25, -0.2) is 0 Å². The summed E-state index contributed by atoms with van der Waals surface area (Å²) in [6, 6.07) is 9.73. The standard InChI is InChI=1S/C19H15F3N4O3/c20-19(21,22)18-25-17(26-29-18)14-4-6-15(7-5-14)28-11-10-24-16(27)8-3-13-2-1-9-23-12-13/h1-9,12H,10-11H2,(H,24,27). The summed E-state index contributed by atoms with van der Waals surface area (Å²) in [5.74, 6) is -1.36. The Hall–Kier alpha value is -3.69. The molecule has 0 aliphatic carbocycles. The third-order valence-corrected chi connectivity index (χ3v) is 3.56. The first-order valence-electron chi connectivity index (χ1n) is 8.42. The lowest BCUT2D eigenvalue weighted by atomic mass is 10.2. The Labute approximate surface area is 163 Å². The highest BCUT2D eigenvalue weighted by Crippen LogP contribution is 2.29. The van der Waals surface area contributed by atoms with E-state index < -0.39 is 12.1 Å². The van der Waals surface area contributed by atoms with Crippen LogP contribution >= 0.6 is 0 Å². The average molecular weight is 404 g/mol. The molecule has 0 saturated heterocycles. The van der Waals surface area contributed by atoms with E-state index in [2.05, 4.69) is 25.0 Å². The van der Waals surface area contributed by atoms with Crippen molar-refractivity contribution in [1.82, 2.24) is 20.4 Å². The summed E-state index contributed by atoms with van der Waals surface area (Å²) in [7, 11) is 0. The minimum absolute atomic E-state index is 0.170. The van der Waals surface area contributed by atoms with E-state index >= 15 is 0 Å². The third-order valence-electron chi connectivity index (χ3n) is 3.56. The van der Waals surface area contributed by atoms with Gasteiger partial charge in [0.25, 0.3) is 0 Å². The van der Waals surface area contributed by atoms with Gasteiger partial charge in [-0.2, -0.15) is 18.2 Å². The number of nitrogens with one attached hydrogen (secondary N) is 1. The lowest BCUT2D eigenvalue weighted by Crippen LogP contribution is -2.26. The van der Waals surface area contributed by atoms with E-state index in [0.717, 1.165) is 5.56 Å². The van der Waals surface area contributed by atoms with Crippen molar-refractivity contribution in [3.63, 3.8) is 0 Å². The van der Waals surface area contributed by atoms with E-state index in [1.807, 2.05) is 6.07 Å². The van der Waals surface area contributed by atoms with Crippen molar-refractivity contribution in [2.45, 2.75) is 6.18 Å². The molecule has 2 aromatic heterocycles. The van der Waals surface area contributed by atoms with Gasteiger partial charge >= 0.3 is 12.1 Å². The Bertz CT molecular complexity index is 970. The van der Waals surface area contributed by atoms with Crippen molar-refractivity contribution in [2.75, 3.05) is 13.2 Å². The Morgan fingerprint density at radius 2 is 2.00 bits per heavy atom. The third kappa shape index (κ3) is 5.89. The summed E-state index contributed by atoms with van der Waals surface area (Å²) in [6.07, 6.45) is 1.63. The number of hydrogen-bond donors (Lipinski definition) is 1. The molecule has 0 unspecified atom stereocenters. The molecule has 150 valence electrons. The SMILES string of the molecule is O=C(C=Cc1cccnc1)NCCOc1ccc(-c2noc(C(F)(F)F)n2)cc1. The first kappa shape index (κ1) is 20.1. The zero-order valence-corrected chi connectivity index (χ0v) is 14.9. The molecule has 0 aliphatic heterocycles. The van der Waals surface area contributed by atoms with Crippen LogP contribution in [-0.4, -0.2) is 34.2 Å². The number of halogens is 3. The molecule has 0 atom stereocenters. The van der Waals surface area contributed by atoms with Crippen molar-refractivity contribution in [3.8, 4) is 17.1 Å². The average Bonchev–Trinajstić information content (AvgIpc) is 3.22. The monoisotopic (exact) mass is 404 g/mol. The van der Waals surface area contributed by atoms with Gasteiger partial charge in [0, 0.05) is 24.0 Å². The Morgan fingerprint density at radius 1 is 1.21 bits per heavy atom. The molecule has 3 rings (SSSR count). The summed E-state index contributed by atoms with van der Waals surface area (Å²) >= 11 is 0. The van der Waals surface area contributed by atoms with Gasteiger partial charge in [-0.1, -0.05) is 11.2 Å². The van der Waals surface area contributed by atoms with Gasteiger partial charge in [-0.05, 0) is 42.0 Å². The maximum atomic E-state index is 12.5. The molecule has 0 bridgehead atoms. The van der Waals surface area contributed by atoms with E-state index in [1.165, 1.54) is 18.2 Å². The maximum absolute atomic E-state index is 12.5. The summed E-state index contributed by atoms with van der Waals surface area (Å²) in [4.78, 5) is 19.0. The number of hydrogen-bond acceptors (Lipinski definition) is 6. The molecule has 0 spiro atoms. The molecule has 7 nitrogen and oxygen atoms in total. The smallest absolute Gasteiger partial charge is 0.471 e. The fourth-order valence-electron chi connectivity index (χ4n) is 2.20. The molecule has 1 aromatic carbocycles. The van der Waals surface area contributed by atoms with Crippen LogP contribution in [0.3, 0.4) is 0 Å². The number of carbonyl (C=O) groups is 1. The van der Waals surface area contributed by atoms with Crippen LogP contribution < -0.4 is 10.1 Å². The molecule has 3 aromatic rings. The summed E-state index contributed by atoms with van der Waals surface area (Å²) in [5.41, 5.74) is 1.16. The normalized spacial score (nSPS) is 11.6. The van der Waals surface area contributed by atoms with Crippen LogP contribution in [0.15, 0.2) is 59.4 Å². The minimum Gasteiger partial charge on any atom is -0.492 e. The van der Waals surface area contributed by atoms with Crippen LogP contribution in [-0.2, 0) is 11.0 Å². The molecular weight excluding hydrogens is 389 g/mol. The first-order chi connectivity index (χ1) is 13.9. The van der Waals surface area contributed by atoms with E-state index in [9.17, 15) is 18.0 Å². The zero-order chi connectivity index (χ0) is 20.7. The number of carbonyl (C=O) groups excluding carboxylic acids is 1. The Morgan fingerprint density at radius 3 is 2.66 bits per heavy atom. The van der Waals surface area contributed by atoms with Gasteiger partial charge in [-0.15, -0.1) is 0 Å². The molecule has 29 heavy (non-hydrogen) atoms. The predicted molar refractivity (Wildman–Crippen MR) is 96.5 cm³/mol. The van der Waals surface area contributed by atoms with Gasteiger partial charge < -0.3 is 14.6 Å². The number of nitrogens with zero attached hydrogens (tertiary/aromatic N) is 3. The van der Waals surface area contributed by atoms with Crippen molar-refractivity contribution in [1.29, 1.82) is 0 Å². The van der Waals surface area contributed by atoms with Gasteiger partial charge in [0.2, 0.25) is 11.7 Å². The summed E-state index contributed by atoms with van der Waals surface area (Å²) < 4.78 is 47.2. The number of pyridine rings is 1. The van der Waals surface area contributed by atoms with Crippen molar-refractivity contribution in [2.24, 2.45) is 0 Å². The molecule has 0 saturated carbocycles. The quantitative estimate of drug-likeness (QED) is 0.480.